The SMILES string of the molecule is Cc1nn(C2CCC(=O)NC2=O)c2ccc(C3CCN(CC(=O)O)CC3)cc12.Cl. The van der Waals surface area contributed by atoms with Crippen LogP contribution in [0.25, 0.3) is 10.9 Å². The predicted octanol–water partition coefficient (Wildman–Crippen LogP) is 2.01. The highest BCUT2D eigenvalue weighted by molar-refractivity contribution is 6.00. The van der Waals surface area contributed by atoms with Gasteiger partial charge in [-0.15, -0.1) is 12.4 Å². The first-order valence-corrected chi connectivity index (χ1v) is 9.69. The Balaban J connectivity index is 0.00000240. The number of imide groups is 1. The number of hydrogen-bond acceptors (Lipinski definition) is 5. The van der Waals surface area contributed by atoms with Gasteiger partial charge < -0.3 is 5.11 Å². The predicted molar refractivity (Wildman–Crippen MR) is 109 cm³/mol. The fourth-order valence-electron chi connectivity index (χ4n) is 4.34. The van der Waals surface area contributed by atoms with Crippen molar-refractivity contribution < 1.29 is 19.5 Å². The van der Waals surface area contributed by atoms with E-state index in [0.717, 1.165) is 42.5 Å². The van der Waals surface area contributed by atoms with Gasteiger partial charge in [-0.25, -0.2) is 0 Å². The van der Waals surface area contributed by atoms with Crippen LogP contribution in [0.2, 0.25) is 0 Å². The van der Waals surface area contributed by atoms with Gasteiger partial charge in [-0.3, -0.25) is 29.3 Å². The lowest BCUT2D eigenvalue weighted by molar-refractivity contribution is -0.139. The van der Waals surface area contributed by atoms with E-state index < -0.39 is 12.0 Å². The third kappa shape index (κ3) is 4.28. The van der Waals surface area contributed by atoms with Gasteiger partial charge in [0.05, 0.1) is 17.8 Å². The average Bonchev–Trinajstić information content (AvgIpc) is 2.98. The van der Waals surface area contributed by atoms with E-state index in [1.54, 1.807) is 4.68 Å². The van der Waals surface area contributed by atoms with Crippen molar-refractivity contribution in [1.82, 2.24) is 20.0 Å². The molecule has 9 heteroatoms. The smallest absolute Gasteiger partial charge is 0.317 e. The van der Waals surface area contributed by atoms with Gasteiger partial charge in [-0.05, 0) is 62.9 Å². The van der Waals surface area contributed by atoms with Crippen molar-refractivity contribution in [2.75, 3.05) is 19.6 Å². The lowest BCUT2D eigenvalue weighted by Gasteiger charge is -2.31. The topological polar surface area (TPSA) is 105 Å². The number of rotatable bonds is 4. The van der Waals surface area contributed by atoms with Gasteiger partial charge in [-0.2, -0.15) is 5.10 Å². The van der Waals surface area contributed by atoms with Crippen LogP contribution in [0.4, 0.5) is 0 Å². The molecule has 8 nitrogen and oxygen atoms in total. The maximum atomic E-state index is 12.2. The van der Waals surface area contributed by atoms with Crippen molar-refractivity contribution in [3.63, 3.8) is 0 Å². The van der Waals surface area contributed by atoms with Gasteiger partial charge in [0.15, 0.2) is 0 Å². The van der Waals surface area contributed by atoms with Crippen LogP contribution in [0.5, 0.6) is 0 Å². The van der Waals surface area contributed by atoms with Crippen molar-refractivity contribution >= 4 is 41.1 Å². The summed E-state index contributed by atoms with van der Waals surface area (Å²) in [6.07, 6.45) is 2.65. The number of carboxylic acids is 1. The Labute approximate surface area is 174 Å². The molecular weight excluding hydrogens is 396 g/mol. The summed E-state index contributed by atoms with van der Waals surface area (Å²) in [6.45, 7) is 3.60. The summed E-state index contributed by atoms with van der Waals surface area (Å²) in [5.41, 5.74) is 3.00. The second kappa shape index (κ2) is 8.51. The van der Waals surface area contributed by atoms with E-state index in [4.69, 9.17) is 5.11 Å². The van der Waals surface area contributed by atoms with Gasteiger partial charge in [0.25, 0.3) is 5.91 Å². The Morgan fingerprint density at radius 1 is 1.24 bits per heavy atom. The lowest BCUT2D eigenvalue weighted by Crippen LogP contribution is -2.42. The molecule has 2 fully saturated rings. The first-order chi connectivity index (χ1) is 13.4. The first kappa shape index (κ1) is 21.3. The quantitative estimate of drug-likeness (QED) is 0.733. The number of aromatic nitrogens is 2. The van der Waals surface area contributed by atoms with Crippen molar-refractivity contribution in [2.45, 2.75) is 44.6 Å². The molecule has 0 bridgehead atoms. The number of amides is 2. The molecular formula is C20H25ClN4O4. The van der Waals surface area contributed by atoms with Crippen molar-refractivity contribution in [1.29, 1.82) is 0 Å². The molecule has 2 N–H and O–H groups in total. The lowest BCUT2D eigenvalue weighted by atomic mass is 9.88. The maximum Gasteiger partial charge on any atom is 0.317 e. The van der Waals surface area contributed by atoms with E-state index in [-0.39, 0.29) is 30.8 Å². The van der Waals surface area contributed by atoms with Gasteiger partial charge in [0, 0.05) is 11.8 Å². The number of nitrogens with one attached hydrogen (secondary N) is 1. The number of aliphatic carboxylic acids is 1. The Morgan fingerprint density at radius 2 is 1.97 bits per heavy atom. The molecule has 1 atom stereocenters. The van der Waals surface area contributed by atoms with Gasteiger partial charge in [0.2, 0.25) is 5.91 Å². The summed E-state index contributed by atoms with van der Waals surface area (Å²) in [5, 5.41) is 17.0. The molecule has 1 unspecified atom stereocenters. The molecule has 29 heavy (non-hydrogen) atoms. The van der Waals surface area contributed by atoms with E-state index >= 15 is 0 Å². The molecule has 2 aromatic rings. The van der Waals surface area contributed by atoms with Crippen LogP contribution in [0, 0.1) is 6.92 Å². The number of carbonyl (C=O) groups is 3. The number of carboxylic acid groups (broad SMARTS) is 1. The number of piperidine rings is 2. The highest BCUT2D eigenvalue weighted by Gasteiger charge is 2.30. The third-order valence-electron chi connectivity index (χ3n) is 5.84. The van der Waals surface area contributed by atoms with Crippen LogP contribution in [0.3, 0.4) is 0 Å². The third-order valence-corrected chi connectivity index (χ3v) is 5.84. The van der Waals surface area contributed by atoms with Gasteiger partial charge in [0.1, 0.15) is 6.04 Å². The van der Waals surface area contributed by atoms with Crippen LogP contribution < -0.4 is 5.32 Å². The fraction of sp³-hybridized carbons (Fsp3) is 0.500. The monoisotopic (exact) mass is 420 g/mol. The molecule has 2 aliphatic heterocycles. The molecule has 3 heterocycles. The summed E-state index contributed by atoms with van der Waals surface area (Å²) >= 11 is 0. The van der Waals surface area contributed by atoms with Gasteiger partial charge >= 0.3 is 5.97 Å². The number of nitrogens with zero attached hydrogens (tertiary/aromatic N) is 3. The number of halogens is 1. The van der Waals surface area contributed by atoms with E-state index in [1.165, 1.54) is 5.56 Å². The molecule has 2 aliphatic rings. The van der Waals surface area contributed by atoms with E-state index in [2.05, 4.69) is 22.5 Å². The minimum absolute atomic E-state index is 0. The molecule has 1 aromatic carbocycles. The average molecular weight is 421 g/mol. The van der Waals surface area contributed by atoms with Crippen molar-refractivity contribution in [2.24, 2.45) is 0 Å². The standard InChI is InChI=1S/C20H24N4O4.ClH/c1-12-15-10-14(13-6-8-23(9-7-13)11-19(26)27)2-3-16(15)24(22-12)17-4-5-18(25)21-20(17)28;/h2-3,10,13,17H,4-9,11H2,1H3,(H,26,27)(H,21,25,28);1H. The fourth-order valence-corrected chi connectivity index (χ4v) is 4.34. The number of fused-ring (bicyclic) bond motifs is 1. The molecule has 0 spiro atoms. The molecule has 0 radical (unpaired) electrons. The summed E-state index contributed by atoms with van der Waals surface area (Å²) in [6, 6.07) is 5.79. The molecule has 0 saturated carbocycles. The van der Waals surface area contributed by atoms with E-state index in [9.17, 15) is 14.4 Å². The zero-order chi connectivity index (χ0) is 19.8. The Bertz CT molecular complexity index is 949. The first-order valence-electron chi connectivity index (χ1n) is 9.69. The summed E-state index contributed by atoms with van der Waals surface area (Å²) in [5.74, 6) is -0.911. The molecule has 2 amide bonds. The zero-order valence-corrected chi connectivity index (χ0v) is 17.1. The molecule has 1 aromatic heterocycles. The molecule has 156 valence electrons. The second-order valence-electron chi connectivity index (χ2n) is 7.72. The summed E-state index contributed by atoms with van der Waals surface area (Å²) in [4.78, 5) is 36.5. The largest absolute Gasteiger partial charge is 0.480 e. The van der Waals surface area contributed by atoms with Crippen LogP contribution >= 0.6 is 12.4 Å². The molecule has 2 saturated heterocycles. The van der Waals surface area contributed by atoms with Crippen LogP contribution in [0.15, 0.2) is 18.2 Å². The Hall–Kier alpha value is -2.45. The molecule has 0 aliphatic carbocycles. The highest BCUT2D eigenvalue weighted by Crippen LogP contribution is 2.32. The van der Waals surface area contributed by atoms with Crippen molar-refractivity contribution in [3.8, 4) is 0 Å². The van der Waals surface area contributed by atoms with Crippen LogP contribution in [0.1, 0.15) is 48.9 Å². The highest BCUT2D eigenvalue weighted by atomic mass is 35.5. The van der Waals surface area contributed by atoms with E-state index in [0.29, 0.717) is 18.8 Å². The normalized spacial score (nSPS) is 21.1. The van der Waals surface area contributed by atoms with Crippen LogP contribution in [-0.4, -0.2) is 57.2 Å². The number of benzene rings is 1. The second-order valence-corrected chi connectivity index (χ2v) is 7.72. The minimum Gasteiger partial charge on any atom is -0.480 e. The number of carbonyl (C=O) groups excluding carboxylic acids is 2. The van der Waals surface area contributed by atoms with E-state index in [1.807, 2.05) is 17.9 Å². The summed E-state index contributed by atoms with van der Waals surface area (Å²) in [7, 11) is 0. The van der Waals surface area contributed by atoms with Crippen LogP contribution in [-0.2, 0) is 14.4 Å². The number of aryl methyl sites for hydroxylation is 1. The Kier molecular flexibility index (Phi) is 6.24. The summed E-state index contributed by atoms with van der Waals surface area (Å²) < 4.78 is 1.74. The number of likely N-dealkylation sites (tertiary alicyclic amines) is 1. The minimum atomic E-state index is -0.781. The zero-order valence-electron chi connectivity index (χ0n) is 16.3. The maximum absolute atomic E-state index is 12.2. The Morgan fingerprint density at radius 3 is 2.62 bits per heavy atom. The number of hydrogen-bond donors (Lipinski definition) is 2. The van der Waals surface area contributed by atoms with Gasteiger partial charge in [-0.1, -0.05) is 6.07 Å². The molecule has 4 rings (SSSR count). The van der Waals surface area contributed by atoms with Crippen molar-refractivity contribution in [3.05, 3.63) is 29.5 Å².